The number of hydrogen-bond donors (Lipinski definition) is 0. The van der Waals surface area contributed by atoms with Crippen LogP contribution < -0.4 is 9.47 Å². The Morgan fingerprint density at radius 1 is 1.35 bits per heavy atom. The molecule has 0 amide bonds. The summed E-state index contributed by atoms with van der Waals surface area (Å²) in [7, 11) is 0. The lowest BCUT2D eigenvalue weighted by molar-refractivity contribution is 0.236. The SMILES string of the molecule is C[C@H]1CCOc2c1ccc(Cl)c2OCC1CC1. The third-order valence-electron chi connectivity index (χ3n) is 3.58. The van der Waals surface area contributed by atoms with Crippen LogP contribution in [0, 0.1) is 5.92 Å². The molecule has 17 heavy (non-hydrogen) atoms. The number of fused-ring (bicyclic) bond motifs is 1. The van der Waals surface area contributed by atoms with Crippen molar-refractivity contribution in [3.63, 3.8) is 0 Å². The van der Waals surface area contributed by atoms with Gasteiger partial charge < -0.3 is 9.47 Å². The first-order valence-corrected chi connectivity index (χ1v) is 6.71. The molecule has 0 bridgehead atoms. The summed E-state index contributed by atoms with van der Waals surface area (Å²) in [5.41, 5.74) is 1.23. The van der Waals surface area contributed by atoms with E-state index in [-0.39, 0.29) is 0 Å². The van der Waals surface area contributed by atoms with Gasteiger partial charge in [0.25, 0.3) is 0 Å². The predicted molar refractivity (Wildman–Crippen MR) is 68.2 cm³/mol. The van der Waals surface area contributed by atoms with Crippen LogP contribution in [0.3, 0.4) is 0 Å². The lowest BCUT2D eigenvalue weighted by Gasteiger charge is -2.25. The van der Waals surface area contributed by atoms with Crippen LogP contribution in [0.5, 0.6) is 11.5 Å². The van der Waals surface area contributed by atoms with Gasteiger partial charge in [-0.05, 0) is 37.2 Å². The molecule has 1 aromatic carbocycles. The monoisotopic (exact) mass is 252 g/mol. The van der Waals surface area contributed by atoms with E-state index in [1.807, 2.05) is 6.07 Å². The lowest BCUT2D eigenvalue weighted by Crippen LogP contribution is -2.14. The average molecular weight is 253 g/mol. The Bertz CT molecular complexity index is 426. The van der Waals surface area contributed by atoms with Gasteiger partial charge in [-0.25, -0.2) is 0 Å². The van der Waals surface area contributed by atoms with Gasteiger partial charge in [-0.15, -0.1) is 0 Å². The zero-order valence-electron chi connectivity index (χ0n) is 10.0. The highest BCUT2D eigenvalue weighted by atomic mass is 35.5. The molecule has 1 heterocycles. The van der Waals surface area contributed by atoms with Crippen molar-refractivity contribution >= 4 is 11.6 Å². The summed E-state index contributed by atoms with van der Waals surface area (Å²) in [6.45, 7) is 3.75. The van der Waals surface area contributed by atoms with Crippen LogP contribution in [-0.4, -0.2) is 13.2 Å². The van der Waals surface area contributed by atoms with Crippen LogP contribution >= 0.6 is 11.6 Å². The second kappa shape index (κ2) is 4.41. The molecule has 1 aliphatic heterocycles. The van der Waals surface area contributed by atoms with Crippen LogP contribution in [-0.2, 0) is 0 Å². The topological polar surface area (TPSA) is 18.5 Å². The first kappa shape index (κ1) is 11.2. The Hall–Kier alpha value is -0.890. The maximum atomic E-state index is 6.21. The average Bonchev–Trinajstić information content (AvgIpc) is 3.12. The van der Waals surface area contributed by atoms with Gasteiger partial charge in [-0.2, -0.15) is 0 Å². The quantitative estimate of drug-likeness (QED) is 0.809. The highest BCUT2D eigenvalue weighted by molar-refractivity contribution is 6.32. The highest BCUT2D eigenvalue weighted by Gasteiger charge is 2.26. The minimum atomic E-state index is 0.527. The molecule has 1 aliphatic carbocycles. The van der Waals surface area contributed by atoms with E-state index in [4.69, 9.17) is 21.1 Å². The molecular formula is C14H17ClO2. The van der Waals surface area contributed by atoms with Crippen molar-refractivity contribution in [3.05, 3.63) is 22.7 Å². The Labute approximate surface area is 107 Å². The third-order valence-corrected chi connectivity index (χ3v) is 3.88. The summed E-state index contributed by atoms with van der Waals surface area (Å²) in [6.07, 6.45) is 3.63. The van der Waals surface area contributed by atoms with Crippen LogP contribution in [0.1, 0.15) is 37.7 Å². The van der Waals surface area contributed by atoms with Crippen LogP contribution in [0.2, 0.25) is 5.02 Å². The largest absolute Gasteiger partial charge is 0.489 e. The minimum Gasteiger partial charge on any atom is -0.489 e. The third kappa shape index (κ3) is 2.23. The molecule has 0 spiro atoms. The normalized spacial score (nSPS) is 22.8. The fraction of sp³-hybridized carbons (Fsp3) is 0.571. The smallest absolute Gasteiger partial charge is 0.180 e. The van der Waals surface area contributed by atoms with Crippen molar-refractivity contribution in [2.24, 2.45) is 5.92 Å². The number of halogens is 1. The maximum Gasteiger partial charge on any atom is 0.180 e. The van der Waals surface area contributed by atoms with Crippen molar-refractivity contribution in [2.45, 2.75) is 32.1 Å². The second-order valence-electron chi connectivity index (χ2n) is 5.09. The molecule has 3 rings (SSSR count). The lowest BCUT2D eigenvalue weighted by atomic mass is 9.95. The molecule has 0 unspecified atom stereocenters. The van der Waals surface area contributed by atoms with Crippen molar-refractivity contribution in [1.29, 1.82) is 0 Å². The van der Waals surface area contributed by atoms with Gasteiger partial charge in [-0.3, -0.25) is 0 Å². The minimum absolute atomic E-state index is 0.527. The Morgan fingerprint density at radius 2 is 2.18 bits per heavy atom. The molecule has 3 heteroatoms. The number of hydrogen-bond acceptors (Lipinski definition) is 2. The van der Waals surface area contributed by atoms with E-state index in [0.29, 0.717) is 10.9 Å². The van der Waals surface area contributed by atoms with E-state index in [1.165, 1.54) is 18.4 Å². The summed E-state index contributed by atoms with van der Waals surface area (Å²) >= 11 is 6.21. The first-order valence-electron chi connectivity index (χ1n) is 6.33. The summed E-state index contributed by atoms with van der Waals surface area (Å²) in [6, 6.07) is 3.99. The molecule has 0 radical (unpaired) electrons. The molecule has 2 aliphatic rings. The molecule has 1 fully saturated rings. The number of ether oxygens (including phenoxy) is 2. The zero-order valence-corrected chi connectivity index (χ0v) is 10.8. The van der Waals surface area contributed by atoms with Gasteiger partial charge in [0.15, 0.2) is 11.5 Å². The maximum absolute atomic E-state index is 6.21. The van der Waals surface area contributed by atoms with E-state index in [0.717, 1.165) is 37.1 Å². The standard InChI is InChI=1S/C14H17ClO2/c1-9-6-7-16-13-11(9)4-5-12(15)14(13)17-8-10-2-3-10/h4-5,9-10H,2-3,6-8H2,1H3/t9-/m0/s1. The molecule has 1 atom stereocenters. The van der Waals surface area contributed by atoms with Gasteiger partial charge in [0.2, 0.25) is 0 Å². The van der Waals surface area contributed by atoms with Gasteiger partial charge in [-0.1, -0.05) is 24.6 Å². The molecule has 1 saturated carbocycles. The fourth-order valence-electron chi connectivity index (χ4n) is 2.20. The van der Waals surface area contributed by atoms with Crippen molar-refractivity contribution < 1.29 is 9.47 Å². The molecular weight excluding hydrogens is 236 g/mol. The van der Waals surface area contributed by atoms with Gasteiger partial charge in [0, 0.05) is 5.56 Å². The van der Waals surface area contributed by atoms with E-state index in [2.05, 4.69) is 13.0 Å². The predicted octanol–water partition coefficient (Wildman–Crippen LogP) is 4.01. The zero-order chi connectivity index (χ0) is 11.8. The number of rotatable bonds is 3. The summed E-state index contributed by atoms with van der Waals surface area (Å²) in [5, 5.41) is 0.665. The fourth-order valence-corrected chi connectivity index (χ4v) is 2.41. The Morgan fingerprint density at radius 3 is 2.94 bits per heavy atom. The molecule has 1 aromatic rings. The van der Waals surface area contributed by atoms with Crippen LogP contribution in [0.4, 0.5) is 0 Å². The Balaban J connectivity index is 1.90. The summed E-state index contributed by atoms with van der Waals surface area (Å²) in [5.74, 6) is 2.88. The molecule has 2 nitrogen and oxygen atoms in total. The van der Waals surface area contributed by atoms with E-state index >= 15 is 0 Å². The molecule has 0 saturated heterocycles. The summed E-state index contributed by atoms with van der Waals surface area (Å²) < 4.78 is 11.6. The van der Waals surface area contributed by atoms with Crippen LogP contribution in [0.15, 0.2) is 12.1 Å². The number of benzene rings is 1. The highest BCUT2D eigenvalue weighted by Crippen LogP contribution is 2.45. The summed E-state index contributed by atoms with van der Waals surface area (Å²) in [4.78, 5) is 0. The second-order valence-corrected chi connectivity index (χ2v) is 5.49. The van der Waals surface area contributed by atoms with E-state index < -0.39 is 0 Å². The van der Waals surface area contributed by atoms with E-state index in [9.17, 15) is 0 Å². The van der Waals surface area contributed by atoms with Gasteiger partial charge >= 0.3 is 0 Å². The van der Waals surface area contributed by atoms with E-state index in [1.54, 1.807) is 0 Å². The van der Waals surface area contributed by atoms with Crippen molar-refractivity contribution in [1.82, 2.24) is 0 Å². The first-order chi connectivity index (χ1) is 8.25. The van der Waals surface area contributed by atoms with Crippen molar-refractivity contribution in [3.8, 4) is 11.5 Å². The van der Waals surface area contributed by atoms with Crippen molar-refractivity contribution in [2.75, 3.05) is 13.2 Å². The molecule has 0 N–H and O–H groups in total. The molecule has 0 aromatic heterocycles. The molecule has 92 valence electrons. The van der Waals surface area contributed by atoms with Crippen LogP contribution in [0.25, 0.3) is 0 Å². The van der Waals surface area contributed by atoms with Gasteiger partial charge in [0.05, 0.1) is 18.2 Å². The Kier molecular flexibility index (Phi) is 2.91. The van der Waals surface area contributed by atoms with Gasteiger partial charge in [0.1, 0.15) is 0 Å².